The van der Waals surface area contributed by atoms with Crippen molar-refractivity contribution < 1.29 is 19.4 Å². The molecule has 1 atom stereocenters. The van der Waals surface area contributed by atoms with Crippen molar-refractivity contribution in [3.05, 3.63) is 65.7 Å². The topological polar surface area (TPSA) is 75.6 Å². The van der Waals surface area contributed by atoms with E-state index in [0.717, 1.165) is 5.56 Å². The van der Waals surface area contributed by atoms with Gasteiger partial charge in [-0.25, -0.2) is 0 Å². The summed E-state index contributed by atoms with van der Waals surface area (Å²) in [5.74, 6) is -1.58. The molecule has 126 valence electrons. The van der Waals surface area contributed by atoms with Gasteiger partial charge in [-0.2, -0.15) is 0 Å². The zero-order valence-corrected chi connectivity index (χ0v) is 13.6. The Morgan fingerprint density at radius 2 is 1.75 bits per heavy atom. The third kappa shape index (κ3) is 5.52. The predicted octanol–water partition coefficient (Wildman–Crippen LogP) is 3.42. The van der Waals surface area contributed by atoms with E-state index in [1.165, 1.54) is 0 Å². The van der Waals surface area contributed by atoms with Crippen molar-refractivity contribution in [2.75, 3.05) is 11.9 Å². The van der Waals surface area contributed by atoms with Crippen LogP contribution in [0.25, 0.3) is 0 Å². The molecule has 0 aromatic heterocycles. The summed E-state index contributed by atoms with van der Waals surface area (Å²) in [5.41, 5.74) is 2.41. The fourth-order valence-electron chi connectivity index (χ4n) is 2.15. The van der Waals surface area contributed by atoms with Gasteiger partial charge in [-0.15, -0.1) is 0 Å². The molecule has 5 nitrogen and oxygen atoms in total. The Morgan fingerprint density at radius 3 is 2.38 bits per heavy atom. The summed E-state index contributed by atoms with van der Waals surface area (Å²) in [5, 5.41) is 11.7. The summed E-state index contributed by atoms with van der Waals surface area (Å²) in [6.07, 6.45) is 0.264. The highest BCUT2D eigenvalue weighted by Gasteiger charge is 2.13. The standard InChI is InChI=1S/C19H21NO4/c1-14(19(22)23)16-7-9-17(10-8-16)20-18(21)11-12-24-13-15-5-3-2-4-6-15/h2-10,14H,11-13H2,1H3,(H,20,21)(H,22,23). The summed E-state index contributed by atoms with van der Waals surface area (Å²) in [6.45, 7) is 2.45. The number of carboxylic acid groups (broad SMARTS) is 1. The largest absolute Gasteiger partial charge is 0.481 e. The van der Waals surface area contributed by atoms with Crippen molar-refractivity contribution in [3.63, 3.8) is 0 Å². The summed E-state index contributed by atoms with van der Waals surface area (Å²) in [6, 6.07) is 16.6. The lowest BCUT2D eigenvalue weighted by Crippen LogP contribution is -2.14. The summed E-state index contributed by atoms with van der Waals surface area (Å²) in [7, 11) is 0. The molecule has 2 aromatic carbocycles. The second-order valence-electron chi connectivity index (χ2n) is 5.52. The third-order valence-corrected chi connectivity index (χ3v) is 3.65. The highest BCUT2D eigenvalue weighted by atomic mass is 16.5. The van der Waals surface area contributed by atoms with E-state index >= 15 is 0 Å². The van der Waals surface area contributed by atoms with Crippen LogP contribution in [0.15, 0.2) is 54.6 Å². The second-order valence-corrected chi connectivity index (χ2v) is 5.52. The van der Waals surface area contributed by atoms with Crippen LogP contribution in [0.4, 0.5) is 5.69 Å². The van der Waals surface area contributed by atoms with Crippen LogP contribution in [0.2, 0.25) is 0 Å². The summed E-state index contributed by atoms with van der Waals surface area (Å²) in [4.78, 5) is 22.8. The number of carboxylic acids is 1. The van der Waals surface area contributed by atoms with Gasteiger partial charge in [0.25, 0.3) is 0 Å². The van der Waals surface area contributed by atoms with E-state index in [-0.39, 0.29) is 12.3 Å². The van der Waals surface area contributed by atoms with E-state index in [1.807, 2.05) is 30.3 Å². The number of nitrogens with one attached hydrogen (secondary N) is 1. The molecule has 24 heavy (non-hydrogen) atoms. The van der Waals surface area contributed by atoms with Crippen LogP contribution in [0.3, 0.4) is 0 Å². The average molecular weight is 327 g/mol. The smallest absolute Gasteiger partial charge is 0.310 e. The fraction of sp³-hybridized carbons (Fsp3) is 0.263. The zero-order chi connectivity index (χ0) is 17.4. The first kappa shape index (κ1) is 17.7. The highest BCUT2D eigenvalue weighted by molar-refractivity contribution is 5.90. The molecule has 0 spiro atoms. The Hall–Kier alpha value is -2.66. The van der Waals surface area contributed by atoms with Gasteiger partial charge in [0.15, 0.2) is 0 Å². The minimum Gasteiger partial charge on any atom is -0.481 e. The lowest BCUT2D eigenvalue weighted by molar-refractivity contribution is -0.138. The van der Waals surface area contributed by atoms with Crippen molar-refractivity contribution in [3.8, 4) is 0 Å². The van der Waals surface area contributed by atoms with Gasteiger partial charge in [-0.05, 0) is 30.2 Å². The predicted molar refractivity (Wildman–Crippen MR) is 91.8 cm³/mol. The van der Waals surface area contributed by atoms with E-state index in [2.05, 4.69) is 5.32 Å². The first-order valence-electron chi connectivity index (χ1n) is 7.80. The summed E-state index contributed by atoms with van der Waals surface area (Å²) >= 11 is 0. The van der Waals surface area contributed by atoms with Gasteiger partial charge in [0.05, 0.1) is 25.6 Å². The number of rotatable bonds is 8. The van der Waals surface area contributed by atoms with Crippen molar-refractivity contribution in [2.45, 2.75) is 25.9 Å². The molecular weight excluding hydrogens is 306 g/mol. The second kappa shape index (κ2) is 8.84. The molecule has 2 N–H and O–H groups in total. The van der Waals surface area contributed by atoms with E-state index in [4.69, 9.17) is 9.84 Å². The molecule has 0 aliphatic rings. The van der Waals surface area contributed by atoms with Gasteiger partial charge in [-0.3, -0.25) is 9.59 Å². The molecule has 2 aromatic rings. The number of ether oxygens (including phenoxy) is 1. The molecule has 0 saturated carbocycles. The van der Waals surface area contributed by atoms with Crippen molar-refractivity contribution in [1.82, 2.24) is 0 Å². The number of carbonyl (C=O) groups is 2. The number of hydrogen-bond acceptors (Lipinski definition) is 3. The maximum absolute atomic E-state index is 11.9. The fourth-order valence-corrected chi connectivity index (χ4v) is 2.15. The monoisotopic (exact) mass is 327 g/mol. The molecular formula is C19H21NO4. The van der Waals surface area contributed by atoms with Gasteiger partial charge >= 0.3 is 5.97 Å². The Bertz CT molecular complexity index is 668. The Labute approximate surface area is 141 Å². The van der Waals surface area contributed by atoms with E-state index in [1.54, 1.807) is 31.2 Å². The molecule has 0 heterocycles. The van der Waals surface area contributed by atoms with Gasteiger partial charge in [0.1, 0.15) is 0 Å². The normalized spacial score (nSPS) is 11.7. The van der Waals surface area contributed by atoms with E-state index in [9.17, 15) is 9.59 Å². The average Bonchev–Trinajstić information content (AvgIpc) is 2.59. The molecule has 2 rings (SSSR count). The maximum Gasteiger partial charge on any atom is 0.310 e. The van der Waals surface area contributed by atoms with Gasteiger partial charge in [0, 0.05) is 5.69 Å². The molecule has 0 radical (unpaired) electrons. The lowest BCUT2D eigenvalue weighted by atomic mass is 10.0. The Kier molecular flexibility index (Phi) is 6.51. The molecule has 0 aliphatic carbocycles. The highest BCUT2D eigenvalue weighted by Crippen LogP contribution is 2.18. The number of amides is 1. The third-order valence-electron chi connectivity index (χ3n) is 3.65. The van der Waals surface area contributed by atoms with Crippen LogP contribution >= 0.6 is 0 Å². The zero-order valence-electron chi connectivity index (χ0n) is 13.6. The molecule has 0 bridgehead atoms. The number of aliphatic carboxylic acids is 1. The van der Waals surface area contributed by atoms with Crippen LogP contribution in [0.5, 0.6) is 0 Å². The van der Waals surface area contributed by atoms with Gasteiger partial charge in [-0.1, -0.05) is 42.5 Å². The van der Waals surface area contributed by atoms with Crippen molar-refractivity contribution in [2.24, 2.45) is 0 Å². The van der Waals surface area contributed by atoms with Crippen LogP contribution < -0.4 is 5.32 Å². The van der Waals surface area contributed by atoms with Crippen LogP contribution in [0.1, 0.15) is 30.4 Å². The lowest BCUT2D eigenvalue weighted by Gasteiger charge is -2.09. The first-order chi connectivity index (χ1) is 11.6. The maximum atomic E-state index is 11.9. The molecule has 0 aliphatic heterocycles. The van der Waals surface area contributed by atoms with Crippen molar-refractivity contribution >= 4 is 17.6 Å². The summed E-state index contributed by atoms with van der Waals surface area (Å²) < 4.78 is 5.48. The number of hydrogen-bond donors (Lipinski definition) is 2. The van der Waals surface area contributed by atoms with Gasteiger partial charge in [0.2, 0.25) is 5.91 Å². The molecule has 1 unspecified atom stereocenters. The SMILES string of the molecule is CC(C(=O)O)c1ccc(NC(=O)CCOCc2ccccc2)cc1. The number of anilines is 1. The molecule has 1 amide bonds. The number of carbonyl (C=O) groups excluding carboxylic acids is 1. The molecule has 0 fully saturated rings. The van der Waals surface area contributed by atoms with E-state index in [0.29, 0.717) is 24.5 Å². The van der Waals surface area contributed by atoms with Crippen LogP contribution in [-0.2, 0) is 20.9 Å². The Balaban J connectivity index is 1.73. The first-order valence-corrected chi connectivity index (χ1v) is 7.80. The number of benzene rings is 2. The molecule has 5 heteroatoms. The minimum absolute atomic E-state index is 0.137. The quantitative estimate of drug-likeness (QED) is 0.729. The minimum atomic E-state index is -0.873. The van der Waals surface area contributed by atoms with Gasteiger partial charge < -0.3 is 15.2 Å². The molecule has 0 saturated heterocycles. The van der Waals surface area contributed by atoms with Crippen molar-refractivity contribution in [1.29, 1.82) is 0 Å². The Morgan fingerprint density at radius 1 is 1.08 bits per heavy atom. The van der Waals surface area contributed by atoms with E-state index < -0.39 is 11.9 Å². The van der Waals surface area contributed by atoms with Crippen LogP contribution in [0, 0.1) is 0 Å². The van der Waals surface area contributed by atoms with Crippen LogP contribution in [-0.4, -0.2) is 23.6 Å².